The van der Waals surface area contributed by atoms with Crippen LogP contribution in [0.3, 0.4) is 0 Å². The molecule has 2 bridgehead atoms. The van der Waals surface area contributed by atoms with E-state index in [9.17, 15) is 13.9 Å². The number of nitrogens with zero attached hydrogens (tertiary/aromatic N) is 6. The molecule has 3 saturated heterocycles. The van der Waals surface area contributed by atoms with Crippen LogP contribution < -0.4 is 17.0 Å². The van der Waals surface area contributed by atoms with E-state index in [1.165, 1.54) is 21.6 Å². The lowest BCUT2D eigenvalue weighted by Crippen LogP contribution is -2.28. The highest BCUT2D eigenvalue weighted by atomic mass is 32.7. The van der Waals surface area contributed by atoms with E-state index < -0.39 is 55.9 Å². The van der Waals surface area contributed by atoms with E-state index >= 15 is 0 Å². The molecule has 0 saturated carbocycles. The molecule has 8 atom stereocenters. The molecule has 4 aromatic rings. The third-order valence-corrected chi connectivity index (χ3v) is 10.5. The fourth-order valence-corrected chi connectivity index (χ4v) is 8.39. The zero-order valence-electron chi connectivity index (χ0n) is 21.9. The molecule has 0 aliphatic carbocycles. The summed E-state index contributed by atoms with van der Waals surface area (Å²) in [5.41, 5.74) is 12.7. The summed E-state index contributed by atoms with van der Waals surface area (Å²) in [6.45, 7) is -8.59. The van der Waals surface area contributed by atoms with Crippen LogP contribution in [0.4, 0.5) is 11.6 Å². The van der Waals surface area contributed by atoms with Crippen LogP contribution in [0, 0.1) is 0 Å². The average Bonchev–Trinajstić information content (AvgIpc) is 3.71. The topological polar surface area (TPSA) is 235 Å². The molecule has 0 amide bonds. The summed E-state index contributed by atoms with van der Waals surface area (Å²) in [6, 6.07) is 1.62. The largest absolute Gasteiger partial charge is 0.396 e. The third-order valence-electron chi connectivity index (χ3n) is 7.22. The number of thiol groups is 2. The van der Waals surface area contributed by atoms with Crippen LogP contribution in [0.25, 0.3) is 16.8 Å². The molecule has 22 heteroatoms. The Bertz CT molecular complexity index is 1870. The molecule has 43 heavy (non-hydrogen) atoms. The maximum Gasteiger partial charge on any atom is 0.386 e. The Hall–Kier alpha value is -2.51. The Morgan fingerprint density at radius 2 is 1.74 bits per heavy atom. The van der Waals surface area contributed by atoms with Crippen molar-refractivity contribution >= 4 is 66.5 Å². The maximum absolute atomic E-state index is 13.5. The van der Waals surface area contributed by atoms with Crippen molar-refractivity contribution in [1.29, 1.82) is 0 Å². The van der Waals surface area contributed by atoms with Crippen molar-refractivity contribution < 1.29 is 36.7 Å². The van der Waals surface area contributed by atoms with Gasteiger partial charge in [-0.2, -0.15) is 10.1 Å². The van der Waals surface area contributed by atoms with Gasteiger partial charge in [-0.05, 0) is 6.07 Å². The van der Waals surface area contributed by atoms with Crippen molar-refractivity contribution in [2.24, 2.45) is 0 Å². The zero-order valence-corrected chi connectivity index (χ0v) is 25.5. The summed E-state index contributed by atoms with van der Waals surface area (Å²) >= 11 is 8.37. The van der Waals surface area contributed by atoms with Gasteiger partial charge in [0.15, 0.2) is 23.0 Å². The average molecular weight is 674 g/mol. The number of anilines is 2. The van der Waals surface area contributed by atoms with E-state index in [0.29, 0.717) is 17.0 Å². The first-order valence-corrected chi connectivity index (χ1v) is 18.3. The summed E-state index contributed by atoms with van der Waals surface area (Å²) in [5, 5.41) is 4.30. The second-order valence-corrected chi connectivity index (χ2v) is 15.8. The molecule has 3 fully saturated rings. The van der Waals surface area contributed by atoms with Gasteiger partial charge in [-0.25, -0.2) is 23.6 Å². The van der Waals surface area contributed by atoms with Gasteiger partial charge < -0.3 is 20.9 Å². The minimum absolute atomic E-state index is 0.00653. The first-order chi connectivity index (χ1) is 20.5. The summed E-state index contributed by atoms with van der Waals surface area (Å²) in [7, 11) is 0. The van der Waals surface area contributed by atoms with E-state index in [0.717, 1.165) is 0 Å². The van der Waals surface area contributed by atoms with Crippen molar-refractivity contribution in [3.63, 3.8) is 0 Å². The standard InChI is InChI=1S/C21H25N9O9P2S2/c22-10-1-2-26-30-11(5-24-17(10)30)12-4-13-15(37-12)7-35-41(33,43)39-14-3-9(6-34-40(32,42)38-13)36-20(14)29-8-25-16-18(29)27-21(23)28-19(16)31/h1-2,5,8-9,12-15,20H,3-4,6-7,22H2,(H,32,42)(H,33,43)(H3,23,27,28,31)/t9-,12+,13-,14+,15+,20+,40?,41?/m0/s1. The molecule has 2 unspecified atom stereocenters. The molecule has 7 rings (SSSR count). The Balaban J connectivity index is 1.17. The summed E-state index contributed by atoms with van der Waals surface area (Å²) < 4.78 is 65.0. The summed E-state index contributed by atoms with van der Waals surface area (Å²) in [4.78, 5) is 27.2. The van der Waals surface area contributed by atoms with Gasteiger partial charge in [0.05, 0.1) is 55.5 Å². The number of hydrogen-bond acceptors (Lipinski definition) is 15. The van der Waals surface area contributed by atoms with Crippen LogP contribution in [0.1, 0.15) is 30.9 Å². The van der Waals surface area contributed by atoms with Gasteiger partial charge in [-0.1, -0.05) is 24.5 Å². The Morgan fingerprint density at radius 1 is 0.977 bits per heavy atom. The van der Waals surface area contributed by atoms with Crippen LogP contribution in [0.15, 0.2) is 29.6 Å². The predicted molar refractivity (Wildman–Crippen MR) is 156 cm³/mol. The Morgan fingerprint density at radius 3 is 2.56 bits per heavy atom. The van der Waals surface area contributed by atoms with Crippen LogP contribution in [0.5, 0.6) is 0 Å². The number of nitrogens with two attached hydrogens (primary N) is 2. The minimum atomic E-state index is -4.07. The molecule has 0 spiro atoms. The molecule has 0 radical (unpaired) electrons. The summed E-state index contributed by atoms with van der Waals surface area (Å²) in [6.07, 6.45) is -0.341. The zero-order chi connectivity index (χ0) is 30.1. The van der Waals surface area contributed by atoms with Gasteiger partial charge in [0.25, 0.3) is 5.56 Å². The third kappa shape index (κ3) is 5.61. The molecule has 7 heterocycles. The smallest absolute Gasteiger partial charge is 0.386 e. The van der Waals surface area contributed by atoms with Crippen molar-refractivity contribution in [2.45, 2.75) is 49.6 Å². The molecule has 18 nitrogen and oxygen atoms in total. The van der Waals surface area contributed by atoms with Crippen LogP contribution >= 0.6 is 38.1 Å². The number of hydrogen-bond donors (Lipinski definition) is 5. The monoisotopic (exact) mass is 673 g/mol. The SMILES string of the molecule is Nc1nc2c(ncn2[C@@H]2O[C@@H]3COP(=O)(S)O[C@H]4C[C@H](c5cnc6c(N)ccnn56)O[C@@H]4COP(=O)(S)O[C@@H]2C3)c(=O)[nH]1. The number of nitrogens with one attached hydrogen (secondary N) is 1. The molecule has 4 aromatic heterocycles. The lowest BCUT2D eigenvalue weighted by Gasteiger charge is -2.26. The molecule has 0 aromatic carbocycles. The molecule has 3 aliphatic heterocycles. The highest BCUT2D eigenvalue weighted by Gasteiger charge is 2.47. The Kier molecular flexibility index (Phi) is 7.36. The maximum atomic E-state index is 13.5. The van der Waals surface area contributed by atoms with E-state index in [2.05, 4.69) is 49.5 Å². The fraction of sp³-hybridized carbons (Fsp3) is 0.476. The molecule has 3 aliphatic rings. The molecular formula is C21H25N9O9P2S2. The molecular weight excluding hydrogens is 648 g/mol. The van der Waals surface area contributed by atoms with E-state index in [1.54, 1.807) is 12.3 Å². The number of fused-ring (bicyclic) bond motifs is 5. The van der Waals surface area contributed by atoms with Gasteiger partial charge in [0.1, 0.15) is 18.3 Å². The summed E-state index contributed by atoms with van der Waals surface area (Å²) in [5.74, 6) is -0.138. The number of H-pyrrole nitrogens is 1. The minimum Gasteiger partial charge on any atom is -0.396 e. The first-order valence-electron chi connectivity index (χ1n) is 12.9. The van der Waals surface area contributed by atoms with Crippen LogP contribution in [-0.2, 0) is 36.7 Å². The van der Waals surface area contributed by atoms with Gasteiger partial charge >= 0.3 is 13.6 Å². The van der Waals surface area contributed by atoms with Gasteiger partial charge in [0.2, 0.25) is 5.95 Å². The lowest BCUT2D eigenvalue weighted by molar-refractivity contribution is -0.0513. The number of aromatic nitrogens is 7. The lowest BCUT2D eigenvalue weighted by atomic mass is 10.1. The van der Waals surface area contributed by atoms with Crippen molar-refractivity contribution in [1.82, 2.24) is 34.1 Å². The van der Waals surface area contributed by atoms with Gasteiger partial charge in [0, 0.05) is 12.8 Å². The quantitative estimate of drug-likeness (QED) is 0.151. The predicted octanol–water partition coefficient (Wildman–Crippen LogP) is 2.04. The van der Waals surface area contributed by atoms with Crippen LogP contribution in [-0.4, -0.2) is 71.7 Å². The second-order valence-electron chi connectivity index (χ2n) is 10.1. The highest BCUT2D eigenvalue weighted by Crippen LogP contribution is 2.60. The van der Waals surface area contributed by atoms with Gasteiger partial charge in [-0.15, -0.1) is 0 Å². The van der Waals surface area contributed by atoms with Crippen molar-refractivity contribution in [3.05, 3.63) is 40.8 Å². The fourth-order valence-electron chi connectivity index (χ4n) is 5.36. The van der Waals surface area contributed by atoms with Gasteiger partial charge in [-0.3, -0.25) is 32.4 Å². The second kappa shape index (κ2) is 10.8. The van der Waals surface area contributed by atoms with Crippen molar-refractivity contribution in [3.8, 4) is 0 Å². The number of nitrogen functional groups attached to an aromatic ring is 2. The number of rotatable bonds is 2. The van der Waals surface area contributed by atoms with E-state index in [4.69, 9.17) is 39.0 Å². The number of ether oxygens (including phenoxy) is 2. The van der Waals surface area contributed by atoms with E-state index in [1.807, 2.05) is 0 Å². The molecule has 230 valence electrons. The van der Waals surface area contributed by atoms with Crippen LogP contribution in [0.2, 0.25) is 0 Å². The van der Waals surface area contributed by atoms with E-state index in [-0.39, 0.29) is 43.2 Å². The highest BCUT2D eigenvalue weighted by molar-refractivity contribution is 8.44. The normalized spacial score (nSPS) is 35.4. The number of imidazole rings is 2. The number of aromatic amines is 1. The van der Waals surface area contributed by atoms with Crippen molar-refractivity contribution in [2.75, 3.05) is 24.7 Å². The first kappa shape index (κ1) is 29.2. The Labute approximate surface area is 252 Å². The molecule has 5 N–H and O–H groups in total.